The summed E-state index contributed by atoms with van der Waals surface area (Å²) in [5, 5.41) is 12.7. The molecule has 0 aromatic rings. The zero-order valence-corrected chi connectivity index (χ0v) is 10.5. The SMILES string of the molecule is CC1CNC(CO)CN1C1CCCCCC1. The first-order valence-electron chi connectivity index (χ1n) is 6.91. The second-order valence-electron chi connectivity index (χ2n) is 5.48. The molecule has 0 radical (unpaired) electrons. The largest absolute Gasteiger partial charge is 0.395 e. The van der Waals surface area contributed by atoms with E-state index in [1.807, 2.05) is 0 Å². The molecule has 1 saturated carbocycles. The van der Waals surface area contributed by atoms with E-state index in [0.717, 1.165) is 19.1 Å². The van der Waals surface area contributed by atoms with Gasteiger partial charge in [-0.2, -0.15) is 0 Å². The fourth-order valence-corrected chi connectivity index (χ4v) is 3.17. The van der Waals surface area contributed by atoms with Crippen molar-refractivity contribution in [1.82, 2.24) is 10.2 Å². The molecule has 0 spiro atoms. The minimum atomic E-state index is 0.274. The number of piperazine rings is 1. The first-order valence-corrected chi connectivity index (χ1v) is 6.91. The summed E-state index contributed by atoms with van der Waals surface area (Å²) >= 11 is 0. The summed E-state index contributed by atoms with van der Waals surface area (Å²) in [4.78, 5) is 2.64. The van der Waals surface area contributed by atoms with Gasteiger partial charge in [0.05, 0.1) is 6.61 Å². The Hall–Kier alpha value is -0.120. The van der Waals surface area contributed by atoms with Gasteiger partial charge in [-0.3, -0.25) is 4.90 Å². The molecule has 1 saturated heterocycles. The van der Waals surface area contributed by atoms with Crippen LogP contribution in [0.15, 0.2) is 0 Å². The fourth-order valence-electron chi connectivity index (χ4n) is 3.17. The van der Waals surface area contributed by atoms with Crippen LogP contribution in [0.4, 0.5) is 0 Å². The van der Waals surface area contributed by atoms with Gasteiger partial charge in [-0.15, -0.1) is 0 Å². The average molecular weight is 226 g/mol. The number of hydrogen-bond donors (Lipinski definition) is 2. The van der Waals surface area contributed by atoms with E-state index in [0.29, 0.717) is 12.1 Å². The number of aliphatic hydroxyl groups excluding tert-OH is 1. The van der Waals surface area contributed by atoms with Gasteiger partial charge < -0.3 is 10.4 Å². The predicted octanol–water partition coefficient (Wildman–Crippen LogP) is 1.36. The second-order valence-corrected chi connectivity index (χ2v) is 5.48. The zero-order chi connectivity index (χ0) is 11.4. The Morgan fingerprint density at radius 1 is 1.19 bits per heavy atom. The maximum Gasteiger partial charge on any atom is 0.0597 e. The van der Waals surface area contributed by atoms with Gasteiger partial charge >= 0.3 is 0 Å². The maximum absolute atomic E-state index is 9.26. The van der Waals surface area contributed by atoms with E-state index in [4.69, 9.17) is 0 Å². The van der Waals surface area contributed by atoms with Crippen molar-refractivity contribution in [1.29, 1.82) is 0 Å². The van der Waals surface area contributed by atoms with Crippen molar-refractivity contribution in [2.24, 2.45) is 0 Å². The van der Waals surface area contributed by atoms with Crippen molar-refractivity contribution in [3.8, 4) is 0 Å². The van der Waals surface area contributed by atoms with E-state index in [1.54, 1.807) is 0 Å². The Labute approximate surface area is 99.2 Å². The molecule has 3 nitrogen and oxygen atoms in total. The Kier molecular flexibility index (Phi) is 4.62. The highest BCUT2D eigenvalue weighted by atomic mass is 16.3. The minimum absolute atomic E-state index is 0.274. The van der Waals surface area contributed by atoms with Crippen LogP contribution in [0, 0.1) is 0 Å². The summed E-state index contributed by atoms with van der Waals surface area (Å²) in [6.07, 6.45) is 8.35. The molecule has 2 fully saturated rings. The molecule has 2 rings (SSSR count). The Balaban J connectivity index is 1.93. The maximum atomic E-state index is 9.26. The topological polar surface area (TPSA) is 35.5 Å². The molecule has 2 unspecified atom stereocenters. The van der Waals surface area contributed by atoms with Crippen molar-refractivity contribution in [2.45, 2.75) is 63.6 Å². The molecule has 1 aliphatic carbocycles. The van der Waals surface area contributed by atoms with E-state index >= 15 is 0 Å². The monoisotopic (exact) mass is 226 g/mol. The van der Waals surface area contributed by atoms with Crippen LogP contribution in [0.5, 0.6) is 0 Å². The number of aliphatic hydroxyl groups is 1. The van der Waals surface area contributed by atoms with Crippen molar-refractivity contribution >= 4 is 0 Å². The Bertz CT molecular complexity index is 202. The van der Waals surface area contributed by atoms with E-state index in [9.17, 15) is 5.11 Å². The smallest absolute Gasteiger partial charge is 0.0597 e. The number of rotatable bonds is 2. The third kappa shape index (κ3) is 2.96. The molecule has 0 aromatic heterocycles. The summed E-state index contributed by atoms with van der Waals surface area (Å²) < 4.78 is 0. The second kappa shape index (κ2) is 5.99. The van der Waals surface area contributed by atoms with Crippen molar-refractivity contribution in [3.05, 3.63) is 0 Å². The highest BCUT2D eigenvalue weighted by molar-refractivity contribution is 4.88. The predicted molar refractivity (Wildman–Crippen MR) is 66.5 cm³/mol. The first kappa shape index (κ1) is 12.3. The van der Waals surface area contributed by atoms with Crippen LogP contribution in [0.25, 0.3) is 0 Å². The molecule has 2 aliphatic rings. The lowest BCUT2D eigenvalue weighted by Crippen LogP contribution is -2.59. The van der Waals surface area contributed by atoms with Gasteiger partial charge in [0, 0.05) is 31.2 Å². The first-order chi connectivity index (χ1) is 7.81. The van der Waals surface area contributed by atoms with E-state index in [2.05, 4.69) is 17.1 Å². The van der Waals surface area contributed by atoms with Crippen LogP contribution in [0.2, 0.25) is 0 Å². The van der Waals surface area contributed by atoms with E-state index in [1.165, 1.54) is 38.5 Å². The van der Waals surface area contributed by atoms with Gasteiger partial charge in [0.25, 0.3) is 0 Å². The molecule has 94 valence electrons. The Morgan fingerprint density at radius 2 is 1.88 bits per heavy atom. The van der Waals surface area contributed by atoms with Gasteiger partial charge in [0.15, 0.2) is 0 Å². The molecule has 0 aromatic carbocycles. The van der Waals surface area contributed by atoms with E-state index < -0.39 is 0 Å². The summed E-state index contributed by atoms with van der Waals surface area (Å²) in [7, 11) is 0. The van der Waals surface area contributed by atoms with Gasteiger partial charge in [-0.1, -0.05) is 25.7 Å². The average Bonchev–Trinajstić information content (AvgIpc) is 2.58. The van der Waals surface area contributed by atoms with Crippen molar-refractivity contribution in [3.63, 3.8) is 0 Å². The summed E-state index contributed by atoms with van der Waals surface area (Å²) in [5.41, 5.74) is 0. The Morgan fingerprint density at radius 3 is 2.50 bits per heavy atom. The van der Waals surface area contributed by atoms with Gasteiger partial charge in [-0.25, -0.2) is 0 Å². The zero-order valence-electron chi connectivity index (χ0n) is 10.5. The molecule has 2 atom stereocenters. The van der Waals surface area contributed by atoms with Crippen molar-refractivity contribution < 1.29 is 5.11 Å². The highest BCUT2D eigenvalue weighted by Gasteiger charge is 2.30. The number of hydrogen-bond acceptors (Lipinski definition) is 3. The molecule has 2 N–H and O–H groups in total. The third-order valence-corrected chi connectivity index (χ3v) is 4.21. The van der Waals surface area contributed by atoms with Crippen LogP contribution in [-0.4, -0.2) is 47.8 Å². The molecular weight excluding hydrogens is 200 g/mol. The van der Waals surface area contributed by atoms with Crippen LogP contribution >= 0.6 is 0 Å². The van der Waals surface area contributed by atoms with Crippen LogP contribution < -0.4 is 5.32 Å². The standard InChI is InChI=1S/C13H26N2O/c1-11-8-14-12(10-16)9-15(11)13-6-4-2-3-5-7-13/h11-14,16H,2-10H2,1H3. The van der Waals surface area contributed by atoms with Crippen LogP contribution in [-0.2, 0) is 0 Å². The molecule has 16 heavy (non-hydrogen) atoms. The quantitative estimate of drug-likeness (QED) is 0.698. The lowest BCUT2D eigenvalue weighted by molar-refractivity contribution is 0.0639. The minimum Gasteiger partial charge on any atom is -0.395 e. The van der Waals surface area contributed by atoms with Crippen LogP contribution in [0.1, 0.15) is 45.4 Å². The molecule has 3 heteroatoms. The molecule has 1 heterocycles. The molecule has 1 aliphatic heterocycles. The number of nitrogens with zero attached hydrogens (tertiary/aromatic N) is 1. The van der Waals surface area contributed by atoms with Crippen molar-refractivity contribution in [2.75, 3.05) is 19.7 Å². The highest BCUT2D eigenvalue weighted by Crippen LogP contribution is 2.24. The third-order valence-electron chi connectivity index (χ3n) is 4.21. The molecule has 0 amide bonds. The fraction of sp³-hybridized carbons (Fsp3) is 1.00. The van der Waals surface area contributed by atoms with Gasteiger partial charge in [-0.05, 0) is 19.8 Å². The lowest BCUT2D eigenvalue weighted by atomic mass is 10.0. The lowest BCUT2D eigenvalue weighted by Gasteiger charge is -2.43. The van der Waals surface area contributed by atoms with Gasteiger partial charge in [0.1, 0.15) is 0 Å². The van der Waals surface area contributed by atoms with Crippen LogP contribution in [0.3, 0.4) is 0 Å². The number of nitrogens with one attached hydrogen (secondary N) is 1. The molecular formula is C13H26N2O. The van der Waals surface area contributed by atoms with E-state index in [-0.39, 0.29) is 6.61 Å². The summed E-state index contributed by atoms with van der Waals surface area (Å²) in [6, 6.07) is 1.69. The molecule has 0 bridgehead atoms. The summed E-state index contributed by atoms with van der Waals surface area (Å²) in [5.74, 6) is 0. The summed E-state index contributed by atoms with van der Waals surface area (Å²) in [6.45, 7) is 4.64. The van der Waals surface area contributed by atoms with Gasteiger partial charge in [0.2, 0.25) is 0 Å². The normalized spacial score (nSPS) is 34.9.